The second-order valence-corrected chi connectivity index (χ2v) is 4.66. The molecule has 0 rings (SSSR count). The Labute approximate surface area is 107 Å². The lowest BCUT2D eigenvalue weighted by atomic mass is 10.1. The molecule has 3 nitrogen and oxygen atoms in total. The Hall–Kier alpha value is -0.120. The monoisotopic (exact) mass is 246 g/mol. The van der Waals surface area contributed by atoms with Gasteiger partial charge in [-0.15, -0.1) is 0 Å². The van der Waals surface area contributed by atoms with Crippen LogP contribution in [-0.4, -0.2) is 37.1 Å². The molecule has 0 aliphatic carbocycles. The molecule has 2 atom stereocenters. The van der Waals surface area contributed by atoms with Crippen LogP contribution >= 0.6 is 0 Å². The summed E-state index contributed by atoms with van der Waals surface area (Å²) in [7, 11) is 0. The maximum Gasteiger partial charge on any atom is 0.0547 e. The van der Waals surface area contributed by atoms with Gasteiger partial charge in [-0.25, -0.2) is 0 Å². The highest BCUT2D eigenvalue weighted by Crippen LogP contribution is 2.07. The van der Waals surface area contributed by atoms with Crippen LogP contribution < -0.4 is 0 Å². The van der Waals surface area contributed by atoms with Gasteiger partial charge in [0.2, 0.25) is 0 Å². The Balaban J connectivity index is 3.21. The summed E-state index contributed by atoms with van der Waals surface area (Å²) in [6, 6.07) is 0. The van der Waals surface area contributed by atoms with Crippen molar-refractivity contribution in [2.45, 2.75) is 71.5 Å². The number of hydrogen-bond acceptors (Lipinski definition) is 3. The van der Waals surface area contributed by atoms with Crippen LogP contribution in [0.1, 0.15) is 59.3 Å². The van der Waals surface area contributed by atoms with Gasteiger partial charge < -0.3 is 14.6 Å². The lowest BCUT2D eigenvalue weighted by molar-refractivity contribution is 0.0459. The van der Waals surface area contributed by atoms with Crippen LogP contribution in [0.4, 0.5) is 0 Å². The van der Waals surface area contributed by atoms with Gasteiger partial charge in [-0.3, -0.25) is 0 Å². The van der Waals surface area contributed by atoms with Crippen LogP contribution in [0.3, 0.4) is 0 Å². The SMILES string of the molecule is CCOC(C)CCCCOC(C)CCCCO. The van der Waals surface area contributed by atoms with Gasteiger partial charge in [-0.05, 0) is 59.3 Å². The van der Waals surface area contributed by atoms with E-state index in [1.165, 1.54) is 6.42 Å². The van der Waals surface area contributed by atoms with Crippen LogP contribution in [0, 0.1) is 0 Å². The van der Waals surface area contributed by atoms with Crippen molar-refractivity contribution in [1.82, 2.24) is 0 Å². The van der Waals surface area contributed by atoms with E-state index < -0.39 is 0 Å². The standard InChI is InChI=1S/C14H30O3/c1-4-16-13(2)10-6-8-12-17-14(3)9-5-7-11-15/h13-15H,4-12H2,1-3H3. The fourth-order valence-electron chi connectivity index (χ4n) is 1.81. The summed E-state index contributed by atoms with van der Waals surface area (Å²) in [6.45, 7) is 8.22. The van der Waals surface area contributed by atoms with Gasteiger partial charge in [0.05, 0.1) is 12.2 Å². The van der Waals surface area contributed by atoms with E-state index >= 15 is 0 Å². The zero-order valence-corrected chi connectivity index (χ0v) is 11.8. The second-order valence-electron chi connectivity index (χ2n) is 4.66. The molecule has 0 aromatic rings. The van der Waals surface area contributed by atoms with Gasteiger partial charge in [-0.1, -0.05) is 0 Å². The van der Waals surface area contributed by atoms with E-state index in [1.807, 2.05) is 6.92 Å². The molecule has 0 spiro atoms. The van der Waals surface area contributed by atoms with Crippen LogP contribution in [0.25, 0.3) is 0 Å². The van der Waals surface area contributed by atoms with Crippen molar-refractivity contribution in [1.29, 1.82) is 0 Å². The van der Waals surface area contributed by atoms with Crippen molar-refractivity contribution in [2.24, 2.45) is 0 Å². The van der Waals surface area contributed by atoms with Gasteiger partial charge in [0.1, 0.15) is 0 Å². The molecule has 0 aromatic heterocycles. The van der Waals surface area contributed by atoms with Crippen molar-refractivity contribution in [3.05, 3.63) is 0 Å². The number of rotatable bonds is 12. The molecule has 0 aliphatic heterocycles. The second kappa shape index (κ2) is 12.3. The lowest BCUT2D eigenvalue weighted by Gasteiger charge is -2.14. The van der Waals surface area contributed by atoms with Gasteiger partial charge >= 0.3 is 0 Å². The Bertz CT molecular complexity index is 150. The molecule has 1 N–H and O–H groups in total. The molecule has 0 fully saturated rings. The van der Waals surface area contributed by atoms with E-state index in [-0.39, 0.29) is 0 Å². The molecule has 0 heterocycles. The molecule has 0 aromatic carbocycles. The zero-order chi connectivity index (χ0) is 12.9. The van der Waals surface area contributed by atoms with E-state index in [0.29, 0.717) is 18.8 Å². The van der Waals surface area contributed by atoms with Crippen molar-refractivity contribution in [3.63, 3.8) is 0 Å². The maximum atomic E-state index is 8.67. The van der Waals surface area contributed by atoms with Gasteiger partial charge in [-0.2, -0.15) is 0 Å². The summed E-state index contributed by atoms with van der Waals surface area (Å²) >= 11 is 0. The number of aliphatic hydroxyl groups excluding tert-OH is 1. The normalized spacial score (nSPS) is 14.8. The van der Waals surface area contributed by atoms with Crippen LogP contribution in [0.15, 0.2) is 0 Å². The van der Waals surface area contributed by atoms with E-state index in [0.717, 1.165) is 45.3 Å². The third-order valence-electron chi connectivity index (χ3n) is 2.88. The van der Waals surface area contributed by atoms with E-state index in [4.69, 9.17) is 14.6 Å². The fraction of sp³-hybridized carbons (Fsp3) is 1.00. The van der Waals surface area contributed by atoms with E-state index in [1.54, 1.807) is 0 Å². The van der Waals surface area contributed by atoms with Gasteiger partial charge in [0.25, 0.3) is 0 Å². The van der Waals surface area contributed by atoms with E-state index in [9.17, 15) is 0 Å². The lowest BCUT2D eigenvalue weighted by Crippen LogP contribution is -2.11. The smallest absolute Gasteiger partial charge is 0.0547 e. The molecule has 0 saturated carbocycles. The third-order valence-corrected chi connectivity index (χ3v) is 2.88. The fourth-order valence-corrected chi connectivity index (χ4v) is 1.81. The van der Waals surface area contributed by atoms with Crippen LogP contribution in [0.2, 0.25) is 0 Å². The molecule has 2 unspecified atom stereocenters. The van der Waals surface area contributed by atoms with Crippen molar-refractivity contribution >= 4 is 0 Å². The Morgan fingerprint density at radius 1 is 0.882 bits per heavy atom. The largest absolute Gasteiger partial charge is 0.396 e. The van der Waals surface area contributed by atoms with Crippen LogP contribution in [-0.2, 0) is 9.47 Å². The minimum Gasteiger partial charge on any atom is -0.396 e. The molecule has 104 valence electrons. The van der Waals surface area contributed by atoms with Crippen molar-refractivity contribution in [3.8, 4) is 0 Å². The van der Waals surface area contributed by atoms with Crippen molar-refractivity contribution < 1.29 is 14.6 Å². The Morgan fingerprint density at radius 3 is 2.06 bits per heavy atom. The summed E-state index contributed by atoms with van der Waals surface area (Å²) in [5.41, 5.74) is 0. The zero-order valence-electron chi connectivity index (χ0n) is 11.8. The molecule has 17 heavy (non-hydrogen) atoms. The van der Waals surface area contributed by atoms with Crippen LogP contribution in [0.5, 0.6) is 0 Å². The predicted octanol–water partition coefficient (Wildman–Crippen LogP) is 3.15. The minimum atomic E-state index is 0.294. The highest BCUT2D eigenvalue weighted by Gasteiger charge is 2.03. The first kappa shape index (κ1) is 16.9. The first-order valence-electron chi connectivity index (χ1n) is 7.04. The average molecular weight is 246 g/mol. The summed E-state index contributed by atoms with van der Waals surface area (Å²) in [6.07, 6.45) is 7.10. The molecule has 0 saturated heterocycles. The van der Waals surface area contributed by atoms with Gasteiger partial charge in [0.15, 0.2) is 0 Å². The highest BCUT2D eigenvalue weighted by molar-refractivity contribution is 4.53. The molecule has 0 aliphatic rings. The first-order chi connectivity index (χ1) is 8.20. The maximum absolute atomic E-state index is 8.67. The van der Waals surface area contributed by atoms with Gasteiger partial charge in [0, 0.05) is 19.8 Å². The number of unbranched alkanes of at least 4 members (excludes halogenated alkanes) is 2. The summed E-state index contributed by atoms with van der Waals surface area (Å²) in [4.78, 5) is 0. The third kappa shape index (κ3) is 12.1. The quantitative estimate of drug-likeness (QED) is 0.538. The summed E-state index contributed by atoms with van der Waals surface area (Å²) in [5, 5.41) is 8.67. The molecule has 0 radical (unpaired) electrons. The number of ether oxygens (including phenoxy) is 2. The predicted molar refractivity (Wildman–Crippen MR) is 71.3 cm³/mol. The Morgan fingerprint density at radius 2 is 1.47 bits per heavy atom. The van der Waals surface area contributed by atoms with E-state index in [2.05, 4.69) is 13.8 Å². The number of aliphatic hydroxyl groups is 1. The first-order valence-corrected chi connectivity index (χ1v) is 7.04. The highest BCUT2D eigenvalue weighted by atomic mass is 16.5. The molecular formula is C14H30O3. The topological polar surface area (TPSA) is 38.7 Å². The molecule has 0 amide bonds. The average Bonchev–Trinajstić information content (AvgIpc) is 2.29. The Kier molecular flexibility index (Phi) is 12.3. The van der Waals surface area contributed by atoms with Crippen molar-refractivity contribution in [2.75, 3.05) is 19.8 Å². The minimum absolute atomic E-state index is 0.294. The summed E-state index contributed by atoms with van der Waals surface area (Å²) in [5.74, 6) is 0. The number of hydrogen-bond donors (Lipinski definition) is 1. The summed E-state index contributed by atoms with van der Waals surface area (Å²) < 4.78 is 11.2. The molecular weight excluding hydrogens is 216 g/mol. The molecule has 3 heteroatoms. The molecule has 0 bridgehead atoms.